The lowest BCUT2D eigenvalue weighted by atomic mass is 10.0. The van der Waals surface area contributed by atoms with Crippen molar-refractivity contribution in [3.8, 4) is 0 Å². The minimum Gasteiger partial charge on any atom is -0.467 e. The van der Waals surface area contributed by atoms with Gasteiger partial charge in [-0.25, -0.2) is 18.6 Å². The molecule has 2 aromatic carbocycles. The fourth-order valence-corrected chi connectivity index (χ4v) is 3.32. The van der Waals surface area contributed by atoms with E-state index < -0.39 is 41.7 Å². The summed E-state index contributed by atoms with van der Waals surface area (Å²) in [6.45, 7) is 1.24. The third-order valence-corrected chi connectivity index (χ3v) is 4.92. The number of benzene rings is 2. The molecule has 3 aromatic rings. The predicted molar refractivity (Wildman–Crippen MR) is 107 cm³/mol. The van der Waals surface area contributed by atoms with Crippen LogP contribution in [0.2, 0.25) is 0 Å². The Morgan fingerprint density at radius 3 is 2.45 bits per heavy atom. The number of carbonyl (C=O) groups excluding carboxylic acids is 2. The van der Waals surface area contributed by atoms with Crippen molar-refractivity contribution in [1.82, 2.24) is 5.01 Å². The molecule has 158 valence electrons. The van der Waals surface area contributed by atoms with Gasteiger partial charge >= 0.3 is 5.97 Å². The second kappa shape index (κ2) is 8.51. The Labute approximate surface area is 176 Å². The summed E-state index contributed by atoms with van der Waals surface area (Å²) in [7, 11) is 0. The normalized spacial score (nSPS) is 15.6. The highest BCUT2D eigenvalue weighted by molar-refractivity contribution is 6.03. The first-order valence-corrected chi connectivity index (χ1v) is 9.55. The first-order valence-electron chi connectivity index (χ1n) is 9.55. The van der Waals surface area contributed by atoms with Gasteiger partial charge in [-0.2, -0.15) is 5.10 Å². The molecule has 0 saturated carbocycles. The Morgan fingerprint density at radius 1 is 1.10 bits per heavy atom. The van der Waals surface area contributed by atoms with Crippen LogP contribution in [0.5, 0.6) is 0 Å². The monoisotopic (exact) mass is 424 g/mol. The van der Waals surface area contributed by atoms with Gasteiger partial charge in [0.2, 0.25) is 0 Å². The summed E-state index contributed by atoms with van der Waals surface area (Å²) in [6, 6.07) is 13.6. The molecular weight excluding hydrogens is 406 g/mol. The van der Waals surface area contributed by atoms with E-state index in [4.69, 9.17) is 9.15 Å². The van der Waals surface area contributed by atoms with Crippen molar-refractivity contribution in [3.05, 3.63) is 94.9 Å². The van der Waals surface area contributed by atoms with Gasteiger partial charge in [0.1, 0.15) is 29.0 Å². The highest BCUT2D eigenvalue weighted by atomic mass is 19.1. The Kier molecular flexibility index (Phi) is 5.62. The molecule has 0 fully saturated rings. The van der Waals surface area contributed by atoms with Crippen LogP contribution < -0.4 is 0 Å². The molecular formula is C23H18F2N2O4. The maximum Gasteiger partial charge on any atom is 0.344 e. The maximum atomic E-state index is 13.8. The number of hydrogen-bond acceptors (Lipinski definition) is 5. The number of rotatable bonds is 5. The highest BCUT2D eigenvalue weighted by Gasteiger charge is 2.35. The van der Waals surface area contributed by atoms with Crippen molar-refractivity contribution < 1.29 is 27.5 Å². The van der Waals surface area contributed by atoms with Crippen LogP contribution in [0.3, 0.4) is 0 Å². The standard InChI is InChI=1S/C23H18F2N2O4/c1-14-7-9-15(10-8-14)18-12-19(20-6-3-11-30-20)27(26-18)21(28)13-31-23(29)22-16(24)4-2-5-17(22)25/h2-11,19H,12-13H2,1H3. The van der Waals surface area contributed by atoms with Crippen LogP contribution in [0.4, 0.5) is 8.78 Å². The molecule has 1 amide bonds. The number of ether oxygens (including phenoxy) is 1. The Morgan fingerprint density at radius 2 is 1.81 bits per heavy atom. The number of carbonyl (C=O) groups is 2. The molecule has 1 atom stereocenters. The third kappa shape index (κ3) is 4.23. The van der Waals surface area contributed by atoms with Gasteiger partial charge in [-0.3, -0.25) is 4.79 Å². The van der Waals surface area contributed by atoms with Crippen molar-refractivity contribution in [2.45, 2.75) is 19.4 Å². The van der Waals surface area contributed by atoms with E-state index in [1.54, 1.807) is 12.1 Å². The van der Waals surface area contributed by atoms with Crippen molar-refractivity contribution >= 4 is 17.6 Å². The molecule has 4 rings (SSSR count). The van der Waals surface area contributed by atoms with E-state index in [0.717, 1.165) is 29.3 Å². The lowest BCUT2D eigenvalue weighted by molar-refractivity contribution is -0.136. The Bertz CT molecular complexity index is 1120. The number of hydrogen-bond donors (Lipinski definition) is 0. The molecule has 6 nitrogen and oxygen atoms in total. The average Bonchev–Trinajstić information content (AvgIpc) is 3.42. The fourth-order valence-electron chi connectivity index (χ4n) is 3.32. The lowest BCUT2D eigenvalue weighted by Crippen LogP contribution is -2.31. The molecule has 1 aliphatic heterocycles. The van der Waals surface area contributed by atoms with Gasteiger partial charge < -0.3 is 9.15 Å². The smallest absolute Gasteiger partial charge is 0.344 e. The largest absolute Gasteiger partial charge is 0.467 e. The van der Waals surface area contributed by atoms with Crippen molar-refractivity contribution in [2.24, 2.45) is 5.10 Å². The highest BCUT2D eigenvalue weighted by Crippen LogP contribution is 2.33. The van der Waals surface area contributed by atoms with Crippen LogP contribution in [0.15, 0.2) is 70.4 Å². The summed E-state index contributed by atoms with van der Waals surface area (Å²) in [5, 5.41) is 5.59. The minimum absolute atomic E-state index is 0.401. The maximum absolute atomic E-state index is 13.8. The van der Waals surface area contributed by atoms with Crippen LogP contribution in [-0.4, -0.2) is 29.2 Å². The van der Waals surface area contributed by atoms with Gasteiger partial charge in [-0.15, -0.1) is 0 Å². The van der Waals surface area contributed by atoms with Crippen LogP contribution in [0.1, 0.15) is 39.7 Å². The van der Waals surface area contributed by atoms with Crippen LogP contribution in [0, 0.1) is 18.6 Å². The predicted octanol–water partition coefficient (Wildman–Crippen LogP) is 4.40. The van der Waals surface area contributed by atoms with Gasteiger partial charge in [0.25, 0.3) is 5.91 Å². The van der Waals surface area contributed by atoms with E-state index in [2.05, 4.69) is 5.10 Å². The fraction of sp³-hybridized carbons (Fsp3) is 0.174. The van der Waals surface area contributed by atoms with E-state index in [1.807, 2.05) is 31.2 Å². The van der Waals surface area contributed by atoms with E-state index in [9.17, 15) is 18.4 Å². The average molecular weight is 424 g/mol. The first kappa shape index (κ1) is 20.5. The third-order valence-electron chi connectivity index (χ3n) is 4.92. The topological polar surface area (TPSA) is 72.1 Å². The number of amides is 1. The van der Waals surface area contributed by atoms with Gasteiger partial charge in [-0.05, 0) is 36.8 Å². The molecule has 0 radical (unpaired) electrons. The molecule has 1 aliphatic rings. The zero-order valence-corrected chi connectivity index (χ0v) is 16.5. The van der Waals surface area contributed by atoms with Gasteiger partial charge in [0, 0.05) is 6.42 Å². The van der Waals surface area contributed by atoms with Crippen molar-refractivity contribution in [1.29, 1.82) is 0 Å². The zero-order chi connectivity index (χ0) is 22.0. The zero-order valence-electron chi connectivity index (χ0n) is 16.5. The van der Waals surface area contributed by atoms with Gasteiger partial charge in [-0.1, -0.05) is 35.9 Å². The SMILES string of the molecule is Cc1ccc(C2=NN(C(=O)COC(=O)c3c(F)cccc3F)C(c3ccco3)C2)cc1. The number of furan rings is 1. The molecule has 0 bridgehead atoms. The van der Waals surface area contributed by atoms with Crippen molar-refractivity contribution in [3.63, 3.8) is 0 Å². The number of hydrazone groups is 1. The van der Waals surface area contributed by atoms with Crippen LogP contribution in [0.25, 0.3) is 0 Å². The quantitative estimate of drug-likeness (QED) is 0.569. The van der Waals surface area contributed by atoms with Crippen LogP contribution >= 0.6 is 0 Å². The molecule has 8 heteroatoms. The molecule has 31 heavy (non-hydrogen) atoms. The number of halogens is 2. The molecule has 0 spiro atoms. The summed E-state index contributed by atoms with van der Waals surface area (Å²) < 4.78 is 37.9. The van der Waals surface area contributed by atoms with E-state index in [-0.39, 0.29) is 0 Å². The first-order chi connectivity index (χ1) is 14.9. The summed E-state index contributed by atoms with van der Waals surface area (Å²) in [6.07, 6.45) is 1.89. The number of aryl methyl sites for hydroxylation is 1. The van der Waals surface area contributed by atoms with Gasteiger partial charge in [0.15, 0.2) is 6.61 Å². The molecule has 2 heterocycles. The van der Waals surface area contributed by atoms with Crippen LogP contribution in [-0.2, 0) is 9.53 Å². The Balaban J connectivity index is 1.53. The molecule has 1 aromatic heterocycles. The van der Waals surface area contributed by atoms with Crippen molar-refractivity contribution in [2.75, 3.05) is 6.61 Å². The summed E-state index contributed by atoms with van der Waals surface area (Å²) >= 11 is 0. The number of nitrogens with zero attached hydrogens (tertiary/aromatic N) is 2. The number of esters is 1. The summed E-state index contributed by atoms with van der Waals surface area (Å²) in [5.74, 6) is -3.52. The minimum atomic E-state index is -1.26. The molecule has 0 aliphatic carbocycles. The lowest BCUT2D eigenvalue weighted by Gasteiger charge is -2.19. The summed E-state index contributed by atoms with van der Waals surface area (Å²) in [4.78, 5) is 24.9. The summed E-state index contributed by atoms with van der Waals surface area (Å²) in [5.41, 5.74) is 1.76. The van der Waals surface area contributed by atoms with Gasteiger partial charge in [0.05, 0.1) is 12.0 Å². The molecule has 0 N–H and O–H groups in total. The molecule has 1 unspecified atom stereocenters. The van der Waals surface area contributed by atoms with E-state index in [1.165, 1.54) is 11.3 Å². The van der Waals surface area contributed by atoms with E-state index >= 15 is 0 Å². The second-order valence-electron chi connectivity index (χ2n) is 7.06. The Hall–Kier alpha value is -3.81. The van der Waals surface area contributed by atoms with E-state index in [0.29, 0.717) is 17.9 Å². The molecule has 0 saturated heterocycles. The second-order valence-corrected chi connectivity index (χ2v) is 7.06.